The van der Waals surface area contributed by atoms with Gasteiger partial charge in [-0.05, 0) is 36.2 Å². The SMILES string of the molecule is CCc1ccc(Oc2ccc(Br)cc2CBr)c([N+](=O)[O-])c1. The molecule has 0 N–H and O–H groups in total. The van der Waals surface area contributed by atoms with Crippen LogP contribution >= 0.6 is 31.9 Å². The van der Waals surface area contributed by atoms with Crippen molar-refractivity contribution >= 4 is 37.5 Å². The summed E-state index contributed by atoms with van der Waals surface area (Å²) in [5.74, 6) is 0.851. The van der Waals surface area contributed by atoms with E-state index < -0.39 is 4.92 Å². The quantitative estimate of drug-likeness (QED) is 0.363. The van der Waals surface area contributed by atoms with Gasteiger partial charge in [-0.2, -0.15) is 0 Å². The maximum Gasteiger partial charge on any atom is 0.311 e. The second-order valence-electron chi connectivity index (χ2n) is 4.40. The van der Waals surface area contributed by atoms with Crippen molar-refractivity contribution in [3.8, 4) is 11.5 Å². The summed E-state index contributed by atoms with van der Waals surface area (Å²) in [6.45, 7) is 1.96. The third-order valence-corrected chi connectivity index (χ3v) is 4.11. The summed E-state index contributed by atoms with van der Waals surface area (Å²) in [7, 11) is 0. The number of rotatable bonds is 5. The summed E-state index contributed by atoms with van der Waals surface area (Å²) >= 11 is 6.79. The highest BCUT2D eigenvalue weighted by molar-refractivity contribution is 9.10. The van der Waals surface area contributed by atoms with Crippen LogP contribution in [0.25, 0.3) is 0 Å². The van der Waals surface area contributed by atoms with Crippen molar-refractivity contribution in [3.63, 3.8) is 0 Å². The number of alkyl halides is 1. The number of ether oxygens (including phenoxy) is 1. The Balaban J connectivity index is 2.42. The topological polar surface area (TPSA) is 52.4 Å². The molecule has 0 unspecified atom stereocenters. The molecule has 0 fully saturated rings. The Hall–Kier alpha value is -1.40. The van der Waals surface area contributed by atoms with Gasteiger partial charge in [-0.15, -0.1) is 0 Å². The molecule has 2 aromatic rings. The Bertz CT molecular complexity index is 674. The molecule has 0 aliphatic rings. The predicted octanol–water partition coefficient (Wildman–Crippen LogP) is 5.61. The average Bonchev–Trinajstić information content (AvgIpc) is 2.49. The van der Waals surface area contributed by atoms with Crippen LogP contribution in [0.2, 0.25) is 0 Å². The molecule has 4 nitrogen and oxygen atoms in total. The number of nitro groups is 1. The van der Waals surface area contributed by atoms with E-state index in [2.05, 4.69) is 31.9 Å². The van der Waals surface area contributed by atoms with Crippen molar-refractivity contribution in [2.45, 2.75) is 18.7 Å². The van der Waals surface area contributed by atoms with E-state index in [4.69, 9.17) is 4.74 Å². The van der Waals surface area contributed by atoms with Crippen LogP contribution in [0.4, 0.5) is 5.69 Å². The van der Waals surface area contributed by atoms with Crippen molar-refractivity contribution in [1.82, 2.24) is 0 Å². The second-order valence-corrected chi connectivity index (χ2v) is 5.88. The zero-order chi connectivity index (χ0) is 15.4. The van der Waals surface area contributed by atoms with Gasteiger partial charge in [0.05, 0.1) is 4.92 Å². The van der Waals surface area contributed by atoms with Crippen molar-refractivity contribution in [3.05, 3.63) is 62.1 Å². The zero-order valence-corrected chi connectivity index (χ0v) is 14.5. The molecule has 0 bridgehead atoms. The minimum absolute atomic E-state index is 0.0159. The molecule has 0 aliphatic carbocycles. The van der Waals surface area contributed by atoms with Gasteiger partial charge in [0.25, 0.3) is 0 Å². The highest BCUT2D eigenvalue weighted by Crippen LogP contribution is 2.35. The zero-order valence-electron chi connectivity index (χ0n) is 11.3. The largest absolute Gasteiger partial charge is 0.450 e. The number of hydrogen-bond donors (Lipinski definition) is 0. The van der Waals surface area contributed by atoms with Crippen LogP contribution in [0.15, 0.2) is 40.9 Å². The Morgan fingerprint density at radius 3 is 2.52 bits per heavy atom. The normalized spacial score (nSPS) is 10.4. The van der Waals surface area contributed by atoms with Crippen LogP contribution < -0.4 is 4.74 Å². The molecule has 0 atom stereocenters. The van der Waals surface area contributed by atoms with E-state index in [0.29, 0.717) is 11.1 Å². The minimum atomic E-state index is -0.416. The molecule has 0 radical (unpaired) electrons. The first-order valence-electron chi connectivity index (χ1n) is 6.34. The lowest BCUT2D eigenvalue weighted by Crippen LogP contribution is -1.96. The molecule has 0 aliphatic heterocycles. The molecular formula is C15H13Br2NO3. The summed E-state index contributed by atoms with van der Waals surface area (Å²) in [4.78, 5) is 10.8. The minimum Gasteiger partial charge on any atom is -0.450 e. The summed E-state index contributed by atoms with van der Waals surface area (Å²) in [5, 5.41) is 11.8. The van der Waals surface area contributed by atoms with E-state index in [1.54, 1.807) is 18.2 Å². The smallest absolute Gasteiger partial charge is 0.311 e. The Morgan fingerprint density at radius 1 is 1.19 bits per heavy atom. The molecule has 0 saturated carbocycles. The van der Waals surface area contributed by atoms with Gasteiger partial charge in [0, 0.05) is 21.4 Å². The highest BCUT2D eigenvalue weighted by Gasteiger charge is 2.17. The third kappa shape index (κ3) is 3.83. The summed E-state index contributed by atoms with van der Waals surface area (Å²) < 4.78 is 6.69. The fourth-order valence-corrected chi connectivity index (χ4v) is 2.73. The standard InChI is InChI=1S/C15H13Br2NO3/c1-2-10-3-5-15(13(7-10)18(19)20)21-14-6-4-12(17)8-11(14)9-16/h3-8H,2,9H2,1H3. The molecule has 6 heteroatoms. The van der Waals surface area contributed by atoms with Crippen LogP contribution in [-0.4, -0.2) is 4.92 Å². The fourth-order valence-electron chi connectivity index (χ4n) is 1.88. The molecule has 0 spiro atoms. The van der Waals surface area contributed by atoms with Gasteiger partial charge in [0.2, 0.25) is 5.75 Å². The van der Waals surface area contributed by atoms with E-state index in [1.807, 2.05) is 25.1 Å². The van der Waals surface area contributed by atoms with Gasteiger partial charge < -0.3 is 4.74 Å². The van der Waals surface area contributed by atoms with Gasteiger partial charge in [-0.25, -0.2) is 0 Å². The van der Waals surface area contributed by atoms with Gasteiger partial charge in [-0.3, -0.25) is 10.1 Å². The van der Waals surface area contributed by atoms with Gasteiger partial charge in [0.1, 0.15) is 5.75 Å². The number of hydrogen-bond acceptors (Lipinski definition) is 3. The van der Waals surface area contributed by atoms with Crippen LogP contribution in [0, 0.1) is 10.1 Å². The van der Waals surface area contributed by atoms with Crippen molar-refractivity contribution < 1.29 is 9.66 Å². The first-order valence-corrected chi connectivity index (χ1v) is 8.26. The van der Waals surface area contributed by atoms with Gasteiger partial charge in [-0.1, -0.05) is 44.8 Å². The molecule has 0 aromatic heterocycles. The van der Waals surface area contributed by atoms with E-state index in [-0.39, 0.29) is 11.4 Å². The first kappa shape index (κ1) is 16.0. The molecule has 0 saturated heterocycles. The lowest BCUT2D eigenvalue weighted by Gasteiger charge is -2.11. The monoisotopic (exact) mass is 413 g/mol. The maximum absolute atomic E-state index is 11.2. The Labute approximate surface area is 139 Å². The van der Waals surface area contributed by atoms with E-state index in [1.165, 1.54) is 0 Å². The Kier molecular flexibility index (Phi) is 5.36. The van der Waals surface area contributed by atoms with Crippen molar-refractivity contribution in [1.29, 1.82) is 0 Å². The molecule has 0 heterocycles. The van der Waals surface area contributed by atoms with Crippen molar-refractivity contribution in [2.75, 3.05) is 0 Å². The van der Waals surface area contributed by atoms with E-state index in [0.717, 1.165) is 22.0 Å². The van der Waals surface area contributed by atoms with E-state index >= 15 is 0 Å². The number of aryl methyl sites for hydroxylation is 1. The van der Waals surface area contributed by atoms with Crippen molar-refractivity contribution in [2.24, 2.45) is 0 Å². The lowest BCUT2D eigenvalue weighted by molar-refractivity contribution is -0.385. The van der Waals surface area contributed by atoms with Gasteiger partial charge >= 0.3 is 5.69 Å². The van der Waals surface area contributed by atoms with Crippen LogP contribution in [0.5, 0.6) is 11.5 Å². The van der Waals surface area contributed by atoms with Crippen LogP contribution in [0.1, 0.15) is 18.1 Å². The summed E-state index contributed by atoms with van der Waals surface area (Å²) in [6, 6.07) is 10.6. The molecule has 0 amide bonds. The molecular weight excluding hydrogens is 402 g/mol. The number of halogens is 2. The predicted molar refractivity (Wildman–Crippen MR) is 89.3 cm³/mol. The molecule has 21 heavy (non-hydrogen) atoms. The summed E-state index contributed by atoms with van der Waals surface area (Å²) in [5.41, 5.74) is 1.81. The molecule has 2 rings (SSSR count). The third-order valence-electron chi connectivity index (χ3n) is 3.01. The average molecular weight is 415 g/mol. The Morgan fingerprint density at radius 2 is 1.90 bits per heavy atom. The summed E-state index contributed by atoms with van der Waals surface area (Å²) in [6.07, 6.45) is 0.742. The number of benzene rings is 2. The molecule has 110 valence electrons. The van der Waals surface area contributed by atoms with Gasteiger partial charge in [0.15, 0.2) is 0 Å². The number of nitrogens with zero attached hydrogens (tertiary/aromatic N) is 1. The highest BCUT2D eigenvalue weighted by atomic mass is 79.9. The lowest BCUT2D eigenvalue weighted by atomic mass is 10.1. The number of nitro benzene ring substituents is 1. The van der Waals surface area contributed by atoms with E-state index in [9.17, 15) is 10.1 Å². The van der Waals surface area contributed by atoms with Crippen LogP contribution in [0.3, 0.4) is 0 Å². The maximum atomic E-state index is 11.2. The second kappa shape index (κ2) is 7.04. The van der Waals surface area contributed by atoms with Crippen LogP contribution in [-0.2, 0) is 11.8 Å². The first-order chi connectivity index (χ1) is 10.0. The molecule has 2 aromatic carbocycles. The fraction of sp³-hybridized carbons (Fsp3) is 0.200.